The molecule has 1 aromatic carbocycles. The summed E-state index contributed by atoms with van der Waals surface area (Å²) in [6.45, 7) is 7.69. The van der Waals surface area contributed by atoms with Gasteiger partial charge in [0.15, 0.2) is 0 Å². The van der Waals surface area contributed by atoms with Crippen molar-refractivity contribution < 1.29 is 23.2 Å². The molecule has 3 heterocycles. The van der Waals surface area contributed by atoms with Crippen LogP contribution in [0.3, 0.4) is 0 Å². The van der Waals surface area contributed by atoms with Gasteiger partial charge >= 0.3 is 0 Å². The van der Waals surface area contributed by atoms with Crippen molar-refractivity contribution in [2.75, 3.05) is 46.3 Å². The third-order valence-corrected chi connectivity index (χ3v) is 6.83. The third-order valence-electron chi connectivity index (χ3n) is 6.83. The number of likely N-dealkylation sites (tertiary alicyclic amines) is 1. The molecule has 0 aliphatic carbocycles. The Morgan fingerprint density at radius 1 is 1.12 bits per heavy atom. The summed E-state index contributed by atoms with van der Waals surface area (Å²) < 4.78 is 24.8. The first-order valence-electron chi connectivity index (χ1n) is 12.0. The van der Waals surface area contributed by atoms with Crippen molar-refractivity contribution >= 4 is 11.8 Å². The molecule has 0 spiro atoms. The molecule has 8 nitrogen and oxygen atoms in total. The van der Waals surface area contributed by atoms with Gasteiger partial charge in [0.25, 0.3) is 5.91 Å². The summed E-state index contributed by atoms with van der Waals surface area (Å²) in [6, 6.07) is 5.92. The van der Waals surface area contributed by atoms with Gasteiger partial charge in [-0.25, -0.2) is 4.39 Å². The number of halogens is 1. The molecule has 2 fully saturated rings. The number of piperazine rings is 1. The number of nitrogens with zero attached hydrogens (tertiary/aromatic N) is 4. The number of aromatic nitrogens is 1. The summed E-state index contributed by atoms with van der Waals surface area (Å²) in [4.78, 5) is 32.4. The highest BCUT2D eigenvalue weighted by Crippen LogP contribution is 2.28. The van der Waals surface area contributed by atoms with Gasteiger partial charge in [-0.15, -0.1) is 0 Å². The Balaban J connectivity index is 1.50. The Labute approximate surface area is 199 Å². The molecule has 1 aromatic heterocycles. The maximum atomic E-state index is 13.4. The molecule has 34 heavy (non-hydrogen) atoms. The van der Waals surface area contributed by atoms with E-state index in [1.54, 1.807) is 24.0 Å². The molecule has 2 saturated heterocycles. The fourth-order valence-corrected chi connectivity index (χ4v) is 4.74. The maximum absolute atomic E-state index is 13.4. The van der Waals surface area contributed by atoms with Crippen molar-refractivity contribution in [1.82, 2.24) is 19.9 Å². The summed E-state index contributed by atoms with van der Waals surface area (Å²) in [7, 11) is 2.05. The van der Waals surface area contributed by atoms with Gasteiger partial charge in [-0.2, -0.15) is 0 Å². The van der Waals surface area contributed by atoms with Crippen LogP contribution in [0.15, 0.2) is 28.8 Å². The number of likely N-dealkylation sites (N-methyl/N-ethyl adjacent to an activating group) is 1. The minimum atomic E-state index is -0.328. The fourth-order valence-electron chi connectivity index (χ4n) is 4.74. The van der Waals surface area contributed by atoms with Crippen LogP contribution in [0.5, 0.6) is 5.75 Å². The first-order valence-corrected chi connectivity index (χ1v) is 12.0. The lowest BCUT2D eigenvalue weighted by atomic mass is 9.90. The first kappa shape index (κ1) is 24.2. The zero-order chi connectivity index (χ0) is 24.2. The van der Waals surface area contributed by atoms with Crippen LogP contribution >= 0.6 is 0 Å². The van der Waals surface area contributed by atoms with Crippen molar-refractivity contribution in [3.8, 4) is 5.75 Å². The molecule has 2 atom stereocenters. The largest absolute Gasteiger partial charge is 0.490 e. The summed E-state index contributed by atoms with van der Waals surface area (Å²) >= 11 is 0. The molecule has 2 aliphatic rings. The van der Waals surface area contributed by atoms with Gasteiger partial charge < -0.3 is 24.0 Å². The van der Waals surface area contributed by atoms with Crippen LogP contribution in [0.25, 0.3) is 0 Å². The fraction of sp³-hybridized carbons (Fsp3) is 0.560. The van der Waals surface area contributed by atoms with E-state index < -0.39 is 0 Å². The van der Waals surface area contributed by atoms with E-state index >= 15 is 0 Å². The van der Waals surface area contributed by atoms with Crippen molar-refractivity contribution in [1.29, 1.82) is 0 Å². The van der Waals surface area contributed by atoms with Crippen LogP contribution in [0.2, 0.25) is 0 Å². The summed E-state index contributed by atoms with van der Waals surface area (Å²) in [5.74, 6) is 0.525. The van der Waals surface area contributed by atoms with Crippen LogP contribution in [0, 0.1) is 18.7 Å². The molecular formula is C25H33FN4O4. The Morgan fingerprint density at radius 3 is 2.50 bits per heavy atom. The van der Waals surface area contributed by atoms with Gasteiger partial charge in [0, 0.05) is 58.0 Å². The van der Waals surface area contributed by atoms with Gasteiger partial charge in [-0.1, -0.05) is 12.1 Å². The van der Waals surface area contributed by atoms with E-state index in [0.29, 0.717) is 68.2 Å². The quantitative estimate of drug-likeness (QED) is 0.643. The number of hydrogen-bond acceptors (Lipinski definition) is 6. The average molecular weight is 473 g/mol. The molecule has 2 amide bonds. The lowest BCUT2D eigenvalue weighted by Crippen LogP contribution is -2.51. The molecule has 0 saturated carbocycles. The molecule has 0 radical (unpaired) electrons. The molecule has 184 valence electrons. The minimum absolute atomic E-state index is 0.0792. The number of amides is 2. The second kappa shape index (κ2) is 10.5. The Hall–Kier alpha value is -2.94. The van der Waals surface area contributed by atoms with Gasteiger partial charge in [-0.05, 0) is 44.7 Å². The topological polar surface area (TPSA) is 79.1 Å². The van der Waals surface area contributed by atoms with Crippen molar-refractivity contribution in [3.63, 3.8) is 0 Å². The number of ether oxygens (including phenoxy) is 1. The number of benzene rings is 1. The average Bonchev–Trinajstić information content (AvgIpc) is 3.21. The second-order valence-electron chi connectivity index (χ2n) is 9.21. The number of piperidine rings is 1. The molecule has 2 aliphatic heterocycles. The van der Waals surface area contributed by atoms with E-state index in [0.717, 1.165) is 13.1 Å². The summed E-state index contributed by atoms with van der Waals surface area (Å²) in [6.07, 6.45) is 1.23. The number of hydrogen-bond donors (Lipinski definition) is 0. The van der Waals surface area contributed by atoms with E-state index in [1.807, 2.05) is 11.8 Å². The highest BCUT2D eigenvalue weighted by atomic mass is 19.1. The minimum Gasteiger partial charge on any atom is -0.490 e. The molecule has 0 unspecified atom stereocenters. The van der Waals surface area contributed by atoms with Crippen LogP contribution in [0.4, 0.5) is 4.39 Å². The number of aryl methyl sites for hydroxylation is 2. The van der Waals surface area contributed by atoms with Crippen LogP contribution in [-0.4, -0.2) is 84.1 Å². The van der Waals surface area contributed by atoms with Crippen LogP contribution in [-0.2, 0) is 11.2 Å². The maximum Gasteiger partial charge on any atom is 0.259 e. The van der Waals surface area contributed by atoms with E-state index in [2.05, 4.69) is 17.1 Å². The highest BCUT2D eigenvalue weighted by molar-refractivity contribution is 5.96. The van der Waals surface area contributed by atoms with Gasteiger partial charge in [0.1, 0.15) is 29.0 Å². The Bertz CT molecular complexity index is 1000. The molecule has 4 rings (SSSR count). The smallest absolute Gasteiger partial charge is 0.259 e. The lowest BCUT2D eigenvalue weighted by Gasteiger charge is -2.40. The number of carbonyl (C=O) groups excluding carboxylic acids is 2. The van der Waals surface area contributed by atoms with E-state index in [4.69, 9.17) is 9.26 Å². The summed E-state index contributed by atoms with van der Waals surface area (Å²) in [5.41, 5.74) is 1.17. The third kappa shape index (κ3) is 5.41. The van der Waals surface area contributed by atoms with Crippen molar-refractivity contribution in [3.05, 3.63) is 47.1 Å². The molecule has 2 aromatic rings. The number of carbonyl (C=O) groups is 2. The second-order valence-corrected chi connectivity index (χ2v) is 9.21. The van der Waals surface area contributed by atoms with E-state index in [9.17, 15) is 14.0 Å². The predicted molar refractivity (Wildman–Crippen MR) is 124 cm³/mol. The number of rotatable bonds is 6. The van der Waals surface area contributed by atoms with Crippen molar-refractivity contribution in [2.24, 2.45) is 5.92 Å². The molecule has 9 heteroatoms. The molecule has 0 bridgehead atoms. The normalized spacial score (nSPS) is 21.5. The monoisotopic (exact) mass is 472 g/mol. The van der Waals surface area contributed by atoms with Crippen molar-refractivity contribution in [2.45, 2.75) is 39.2 Å². The van der Waals surface area contributed by atoms with Gasteiger partial charge in [-0.3, -0.25) is 9.59 Å². The van der Waals surface area contributed by atoms with Gasteiger partial charge in [0.2, 0.25) is 5.91 Å². The first-order chi connectivity index (χ1) is 16.4. The SMILES string of the molecule is CCc1noc(C)c1C(=O)N1CC[C@H](Oc2ccc(F)cc2)[C@@H](CC(=O)N2CCN(C)CC2)C1. The standard InChI is InChI=1S/C25H33FN4O4/c1-4-21-24(17(2)34-27-21)25(32)30-10-9-22(33-20-7-5-19(26)6-8-20)18(16-30)15-23(31)29-13-11-28(3)12-14-29/h5-8,18,22H,4,9-16H2,1-3H3/t18-,22-/m0/s1. The predicted octanol–water partition coefficient (Wildman–Crippen LogP) is 2.76. The van der Waals surface area contributed by atoms with Crippen LogP contribution in [0.1, 0.15) is 41.6 Å². The lowest BCUT2D eigenvalue weighted by molar-refractivity contribution is -0.135. The zero-order valence-corrected chi connectivity index (χ0v) is 20.1. The Morgan fingerprint density at radius 2 is 1.82 bits per heavy atom. The molecular weight excluding hydrogens is 439 g/mol. The molecule has 0 N–H and O–H groups in total. The summed E-state index contributed by atoms with van der Waals surface area (Å²) in [5, 5.41) is 4.02. The van der Waals surface area contributed by atoms with E-state index in [1.165, 1.54) is 12.1 Å². The zero-order valence-electron chi connectivity index (χ0n) is 20.1. The van der Waals surface area contributed by atoms with Crippen LogP contribution < -0.4 is 4.74 Å². The highest BCUT2D eigenvalue weighted by Gasteiger charge is 2.37. The Kier molecular flexibility index (Phi) is 7.50. The van der Waals surface area contributed by atoms with Gasteiger partial charge in [0.05, 0.1) is 5.69 Å². The van der Waals surface area contributed by atoms with E-state index in [-0.39, 0.29) is 29.7 Å².